The molecule has 0 fully saturated rings. The van der Waals surface area contributed by atoms with E-state index in [4.69, 9.17) is 70.1 Å². The van der Waals surface area contributed by atoms with Crippen LogP contribution in [0.15, 0.2) is 84.9 Å². The van der Waals surface area contributed by atoms with Crippen molar-refractivity contribution in [3.05, 3.63) is 105 Å². The van der Waals surface area contributed by atoms with E-state index in [1.807, 2.05) is 0 Å². The van der Waals surface area contributed by atoms with Crippen LogP contribution in [0.2, 0.25) is 20.1 Å². The predicted molar refractivity (Wildman–Crippen MR) is 192 cm³/mol. The van der Waals surface area contributed by atoms with Gasteiger partial charge in [0.2, 0.25) is 0 Å². The molecule has 0 heterocycles. The summed E-state index contributed by atoms with van der Waals surface area (Å²) in [5, 5.41) is 11.7. The minimum absolute atomic E-state index is 0.000248. The smallest absolute Gasteiger partial charge is 0.421 e. The van der Waals surface area contributed by atoms with Crippen molar-refractivity contribution in [1.29, 1.82) is 0 Å². The number of amides is 2. The summed E-state index contributed by atoms with van der Waals surface area (Å²) in [5.41, 5.74) is 0. The predicted octanol–water partition coefficient (Wildman–Crippen LogP) is 11.1. The number of benzene rings is 4. The Morgan fingerprint density at radius 3 is 1.47 bits per heavy atom. The fraction of sp³-hybridized carbons (Fsp3) is 0.235. The molecule has 10 nitrogen and oxygen atoms in total. The SMILES string of the molecule is CCOC(=O)N(CC(C)Oc1ccc(Oc2ccc(Cl)cc2Cl)cc1)SN(CC(C)Oc1ccc(Oc2ccc(Cl)cc2Cl)cc1)C(=O)O. The molecule has 0 aliphatic heterocycles. The highest BCUT2D eigenvalue weighted by atomic mass is 35.5. The summed E-state index contributed by atoms with van der Waals surface area (Å²) in [6, 6.07) is 23.4. The lowest BCUT2D eigenvalue weighted by Crippen LogP contribution is -2.41. The molecule has 2 atom stereocenters. The Balaban J connectivity index is 1.33. The third kappa shape index (κ3) is 11.9. The van der Waals surface area contributed by atoms with Crippen LogP contribution in [0, 0.1) is 0 Å². The Morgan fingerprint density at radius 2 is 1.08 bits per heavy atom. The number of carbonyl (C=O) groups excluding carboxylic acids is 1. The molecule has 2 amide bonds. The molecule has 4 rings (SSSR count). The number of nitrogens with zero attached hydrogens (tertiary/aromatic N) is 2. The molecule has 4 aromatic carbocycles. The van der Waals surface area contributed by atoms with Gasteiger partial charge in [0.05, 0.1) is 41.9 Å². The van der Waals surface area contributed by atoms with Crippen molar-refractivity contribution in [3.63, 3.8) is 0 Å². The molecule has 260 valence electrons. The van der Waals surface area contributed by atoms with E-state index in [9.17, 15) is 14.7 Å². The van der Waals surface area contributed by atoms with Crippen LogP contribution in [-0.2, 0) is 4.74 Å². The van der Waals surface area contributed by atoms with Crippen LogP contribution in [0.1, 0.15) is 20.8 Å². The molecule has 0 radical (unpaired) electrons. The van der Waals surface area contributed by atoms with Gasteiger partial charge < -0.3 is 28.8 Å². The summed E-state index contributed by atoms with van der Waals surface area (Å²) < 4.78 is 30.9. The van der Waals surface area contributed by atoms with E-state index in [1.165, 1.54) is 4.31 Å². The molecule has 1 N–H and O–H groups in total. The fourth-order valence-electron chi connectivity index (χ4n) is 4.15. The van der Waals surface area contributed by atoms with E-state index in [2.05, 4.69) is 0 Å². The zero-order valence-electron chi connectivity index (χ0n) is 26.5. The van der Waals surface area contributed by atoms with Gasteiger partial charge in [-0.25, -0.2) is 18.2 Å². The van der Waals surface area contributed by atoms with Crippen molar-refractivity contribution < 1.29 is 38.4 Å². The zero-order chi connectivity index (χ0) is 35.5. The topological polar surface area (TPSA) is 107 Å². The second-order valence-corrected chi connectivity index (χ2v) is 13.1. The van der Waals surface area contributed by atoms with E-state index in [-0.39, 0.29) is 19.7 Å². The summed E-state index contributed by atoms with van der Waals surface area (Å²) in [4.78, 5) is 25.1. The highest BCUT2D eigenvalue weighted by Gasteiger charge is 2.27. The van der Waals surface area contributed by atoms with Crippen molar-refractivity contribution in [2.75, 3.05) is 19.7 Å². The van der Waals surface area contributed by atoms with Gasteiger partial charge in [-0.1, -0.05) is 46.4 Å². The van der Waals surface area contributed by atoms with E-state index in [0.29, 0.717) is 66.7 Å². The maximum Gasteiger partial charge on any atom is 0.421 e. The van der Waals surface area contributed by atoms with E-state index < -0.39 is 24.4 Å². The molecule has 4 aromatic rings. The maximum absolute atomic E-state index is 12.8. The molecule has 2 unspecified atom stereocenters. The first kappa shape index (κ1) is 37.9. The monoisotopic (exact) mass is 768 g/mol. The third-order valence-corrected chi connectivity index (χ3v) is 8.35. The van der Waals surface area contributed by atoms with Crippen LogP contribution in [-0.4, -0.2) is 57.8 Å². The van der Waals surface area contributed by atoms with Gasteiger partial charge in [0.25, 0.3) is 0 Å². The van der Waals surface area contributed by atoms with E-state index in [0.717, 1.165) is 4.31 Å². The number of rotatable bonds is 15. The normalized spacial score (nSPS) is 12.0. The molecule has 15 heteroatoms. The Morgan fingerprint density at radius 1 is 0.673 bits per heavy atom. The van der Waals surface area contributed by atoms with Gasteiger partial charge in [0.1, 0.15) is 46.7 Å². The first-order valence-corrected chi connectivity index (χ1v) is 17.1. The van der Waals surface area contributed by atoms with Crippen LogP contribution in [0.3, 0.4) is 0 Å². The van der Waals surface area contributed by atoms with Crippen LogP contribution >= 0.6 is 58.5 Å². The highest BCUT2D eigenvalue weighted by Crippen LogP contribution is 2.34. The summed E-state index contributed by atoms with van der Waals surface area (Å²) in [7, 11) is 0. The number of hydrogen-bond donors (Lipinski definition) is 1. The van der Waals surface area contributed by atoms with Gasteiger partial charge in [-0.05, 0) is 106 Å². The number of halogens is 4. The Bertz CT molecular complexity index is 1720. The molecule has 0 saturated carbocycles. The molecule has 0 saturated heterocycles. The van der Waals surface area contributed by atoms with Crippen molar-refractivity contribution in [1.82, 2.24) is 8.61 Å². The molecule has 0 aromatic heterocycles. The number of carbonyl (C=O) groups is 2. The fourth-order valence-corrected chi connectivity index (χ4v) is 6.03. The van der Waals surface area contributed by atoms with Crippen LogP contribution in [0.4, 0.5) is 9.59 Å². The standard InChI is InChI=1S/C34H32Cl4N2O8S/c1-4-44-34(43)40(20-22(3)46-26-9-13-28(14-10-26)48-32-16-6-24(36)18-30(32)38)49-39(33(41)42)19-21(2)45-25-7-11-27(12-8-25)47-31-15-5-23(35)17-29(31)37/h5-18,21-22H,4,19-20H2,1-3H3,(H,41,42). The van der Waals surface area contributed by atoms with Crippen LogP contribution in [0.5, 0.6) is 34.5 Å². The molecular weight excluding hydrogens is 738 g/mol. The molecular formula is C34H32Cl4N2O8S. The largest absolute Gasteiger partial charge is 0.489 e. The average Bonchev–Trinajstić information content (AvgIpc) is 3.04. The molecule has 0 spiro atoms. The van der Waals surface area contributed by atoms with Crippen LogP contribution < -0.4 is 18.9 Å². The molecule has 0 aliphatic carbocycles. The van der Waals surface area contributed by atoms with Gasteiger partial charge in [0.15, 0.2) is 0 Å². The van der Waals surface area contributed by atoms with Gasteiger partial charge in [-0.15, -0.1) is 0 Å². The Hall–Kier alpha value is -3.87. The third-order valence-electron chi connectivity index (χ3n) is 6.29. The first-order valence-electron chi connectivity index (χ1n) is 14.8. The lowest BCUT2D eigenvalue weighted by atomic mass is 10.3. The average molecular weight is 771 g/mol. The van der Waals surface area contributed by atoms with Gasteiger partial charge in [0, 0.05) is 10.0 Å². The molecule has 0 bridgehead atoms. The second kappa shape index (κ2) is 18.2. The number of hydrogen-bond acceptors (Lipinski definition) is 8. The summed E-state index contributed by atoms with van der Waals surface area (Å²) in [6.45, 7) is 5.13. The zero-order valence-corrected chi connectivity index (χ0v) is 30.3. The van der Waals surface area contributed by atoms with Gasteiger partial charge >= 0.3 is 12.2 Å². The summed E-state index contributed by atoms with van der Waals surface area (Å²) >= 11 is 25.0. The lowest BCUT2D eigenvalue weighted by Gasteiger charge is -2.29. The summed E-state index contributed by atoms with van der Waals surface area (Å²) in [5.74, 6) is 2.90. The second-order valence-electron chi connectivity index (χ2n) is 10.3. The maximum atomic E-state index is 12.8. The molecule has 0 aliphatic rings. The first-order chi connectivity index (χ1) is 23.4. The van der Waals surface area contributed by atoms with Gasteiger partial charge in [-0.2, -0.15) is 0 Å². The van der Waals surface area contributed by atoms with Crippen molar-refractivity contribution in [2.24, 2.45) is 0 Å². The summed E-state index contributed by atoms with van der Waals surface area (Å²) in [6.07, 6.45) is -3.14. The lowest BCUT2D eigenvalue weighted by molar-refractivity contribution is 0.116. The minimum atomic E-state index is -1.27. The Labute approximate surface area is 308 Å². The number of ether oxygens (including phenoxy) is 5. The number of carboxylic acid groups (broad SMARTS) is 1. The van der Waals surface area contributed by atoms with Crippen molar-refractivity contribution in [3.8, 4) is 34.5 Å². The highest BCUT2D eigenvalue weighted by molar-refractivity contribution is 7.95. The Kier molecular flexibility index (Phi) is 14.1. The van der Waals surface area contributed by atoms with Crippen LogP contribution in [0.25, 0.3) is 0 Å². The van der Waals surface area contributed by atoms with Crippen molar-refractivity contribution in [2.45, 2.75) is 33.0 Å². The van der Waals surface area contributed by atoms with E-state index >= 15 is 0 Å². The molecule has 49 heavy (non-hydrogen) atoms. The van der Waals surface area contributed by atoms with Crippen molar-refractivity contribution >= 4 is 70.7 Å². The quantitative estimate of drug-likeness (QED) is 0.118. The van der Waals surface area contributed by atoms with Gasteiger partial charge in [-0.3, -0.25) is 0 Å². The minimum Gasteiger partial charge on any atom is -0.489 e. The van der Waals surface area contributed by atoms with E-state index in [1.54, 1.807) is 106 Å².